The van der Waals surface area contributed by atoms with Crippen LogP contribution in [0.3, 0.4) is 0 Å². The highest BCUT2D eigenvalue weighted by Crippen LogP contribution is 2.37. The normalized spacial score (nSPS) is 12.2. The molecule has 0 aliphatic heterocycles. The van der Waals surface area contributed by atoms with Crippen molar-refractivity contribution in [2.24, 2.45) is 0 Å². The molecule has 1 atom stereocenters. The molecule has 5 heteroatoms. The Morgan fingerprint density at radius 3 is 2.27 bits per heavy atom. The summed E-state index contributed by atoms with van der Waals surface area (Å²) >= 11 is 0. The fourth-order valence-electron chi connectivity index (χ4n) is 4.01. The molecule has 0 radical (unpaired) electrons. The Labute approximate surface area is 195 Å². The maximum Gasteiger partial charge on any atom is 0.310 e. The number of aromatic hydroxyl groups is 2. The minimum absolute atomic E-state index is 0.0129. The van der Waals surface area contributed by atoms with E-state index >= 15 is 0 Å². The van der Waals surface area contributed by atoms with Crippen molar-refractivity contribution in [3.8, 4) is 17.2 Å². The number of hydrogen-bond donors (Lipinski definition) is 3. The van der Waals surface area contributed by atoms with Gasteiger partial charge in [-0.15, -0.1) is 0 Å². The largest absolute Gasteiger partial charge is 0.504 e. The van der Waals surface area contributed by atoms with Gasteiger partial charge in [0.1, 0.15) is 5.75 Å². The Balaban J connectivity index is 1.42. The second-order valence-corrected chi connectivity index (χ2v) is 9.01. The first-order valence-corrected chi connectivity index (χ1v) is 11.7. The zero-order valence-corrected chi connectivity index (χ0v) is 19.7. The average molecular weight is 451 g/mol. The van der Waals surface area contributed by atoms with Crippen LogP contribution >= 0.6 is 0 Å². The van der Waals surface area contributed by atoms with E-state index in [9.17, 15) is 20.1 Å². The minimum Gasteiger partial charge on any atom is -0.504 e. The zero-order chi connectivity index (χ0) is 24.0. The Bertz CT molecular complexity index is 1100. The van der Waals surface area contributed by atoms with E-state index in [1.807, 2.05) is 62.4 Å². The predicted octanol–water partition coefficient (Wildman–Crippen LogP) is 6.74. The van der Waals surface area contributed by atoms with E-state index in [0.717, 1.165) is 65.3 Å². The van der Waals surface area contributed by atoms with Crippen LogP contribution in [-0.4, -0.2) is 27.9 Å². The van der Waals surface area contributed by atoms with E-state index in [2.05, 4.69) is 0 Å². The number of carbonyl (C=O) groups is 1. The third-order valence-corrected chi connectivity index (χ3v) is 6.20. The van der Waals surface area contributed by atoms with Crippen molar-refractivity contribution >= 4 is 16.7 Å². The smallest absolute Gasteiger partial charge is 0.310 e. The van der Waals surface area contributed by atoms with Crippen LogP contribution in [0.5, 0.6) is 17.2 Å². The number of unbranched alkanes of at least 4 members (excludes halogenated alkanes) is 3. The molecule has 0 bridgehead atoms. The number of fused-ring (bicyclic) bond motifs is 1. The van der Waals surface area contributed by atoms with E-state index in [1.165, 1.54) is 0 Å². The van der Waals surface area contributed by atoms with Crippen LogP contribution < -0.4 is 4.74 Å². The molecule has 33 heavy (non-hydrogen) atoms. The van der Waals surface area contributed by atoms with Crippen molar-refractivity contribution in [3.63, 3.8) is 0 Å². The highest BCUT2D eigenvalue weighted by Gasteiger charge is 2.14. The Morgan fingerprint density at radius 1 is 0.848 bits per heavy atom. The number of phenolic OH excluding ortho intramolecular Hbond substituents is 2. The molecule has 0 saturated heterocycles. The van der Waals surface area contributed by atoms with Gasteiger partial charge < -0.3 is 20.1 Å². The monoisotopic (exact) mass is 450 g/mol. The van der Waals surface area contributed by atoms with Gasteiger partial charge in [0.25, 0.3) is 0 Å². The van der Waals surface area contributed by atoms with Gasteiger partial charge in [-0.3, -0.25) is 4.79 Å². The number of carboxylic acid groups (broad SMARTS) is 1. The summed E-state index contributed by atoms with van der Waals surface area (Å²) in [4.78, 5) is 11.2. The van der Waals surface area contributed by atoms with Crippen LogP contribution in [0.15, 0.2) is 48.5 Å². The number of hydrogen-bond acceptors (Lipinski definition) is 4. The molecule has 5 nitrogen and oxygen atoms in total. The van der Waals surface area contributed by atoms with Crippen molar-refractivity contribution in [2.75, 3.05) is 6.61 Å². The average Bonchev–Trinajstić information content (AvgIpc) is 2.79. The lowest BCUT2D eigenvalue weighted by Crippen LogP contribution is -2.07. The van der Waals surface area contributed by atoms with Crippen LogP contribution in [-0.2, 0) is 11.2 Å². The SMILES string of the molecule is CC(C)c1ccc(CCCCCCOc2ccc3cc([C@@H](C)C(=O)O)ccc3c2)c(O)c1O. The summed E-state index contributed by atoms with van der Waals surface area (Å²) < 4.78 is 5.90. The molecule has 3 rings (SSSR count). The molecule has 3 N–H and O–H groups in total. The van der Waals surface area contributed by atoms with Crippen molar-refractivity contribution in [1.82, 2.24) is 0 Å². The molecule has 0 unspecified atom stereocenters. The number of rotatable bonds is 11. The molecule has 3 aromatic rings. The van der Waals surface area contributed by atoms with Crippen molar-refractivity contribution in [3.05, 3.63) is 65.2 Å². The third kappa shape index (κ3) is 6.19. The molecule has 0 amide bonds. The van der Waals surface area contributed by atoms with Gasteiger partial charge in [0, 0.05) is 5.56 Å². The van der Waals surface area contributed by atoms with Gasteiger partial charge in [0.15, 0.2) is 11.5 Å². The summed E-state index contributed by atoms with van der Waals surface area (Å²) in [5.41, 5.74) is 2.37. The van der Waals surface area contributed by atoms with E-state index in [-0.39, 0.29) is 17.4 Å². The van der Waals surface area contributed by atoms with Crippen LogP contribution in [0.25, 0.3) is 10.8 Å². The highest BCUT2D eigenvalue weighted by molar-refractivity contribution is 5.86. The fourth-order valence-corrected chi connectivity index (χ4v) is 4.01. The Hall–Kier alpha value is -3.21. The Kier molecular flexibility index (Phi) is 8.21. The first-order chi connectivity index (χ1) is 15.8. The number of aryl methyl sites for hydroxylation is 1. The molecule has 3 aromatic carbocycles. The lowest BCUT2D eigenvalue weighted by Gasteiger charge is -2.13. The highest BCUT2D eigenvalue weighted by atomic mass is 16.5. The number of phenols is 2. The maximum absolute atomic E-state index is 11.2. The van der Waals surface area contributed by atoms with Gasteiger partial charge >= 0.3 is 5.97 Å². The second kappa shape index (κ2) is 11.1. The predicted molar refractivity (Wildman–Crippen MR) is 132 cm³/mol. The van der Waals surface area contributed by atoms with Gasteiger partial charge in [-0.25, -0.2) is 0 Å². The molecule has 0 fully saturated rings. The standard InChI is InChI=1S/C28H34O5/c1-18(2)25-14-12-20(26(29)27(25)30)8-6-4-5-7-15-33-24-13-11-22-16-21(19(3)28(31)32)9-10-23(22)17-24/h9-14,16-19,29-30H,4-8,15H2,1-3H3,(H,31,32)/t19-/m1/s1. The van der Waals surface area contributed by atoms with Gasteiger partial charge in [0.2, 0.25) is 0 Å². The summed E-state index contributed by atoms with van der Waals surface area (Å²) in [6.07, 6.45) is 4.68. The minimum atomic E-state index is -0.826. The first-order valence-electron chi connectivity index (χ1n) is 11.7. The van der Waals surface area contributed by atoms with E-state index < -0.39 is 11.9 Å². The summed E-state index contributed by atoms with van der Waals surface area (Å²) in [5, 5.41) is 31.6. The number of benzene rings is 3. The number of aliphatic carboxylic acids is 1. The molecule has 0 aliphatic carbocycles. The van der Waals surface area contributed by atoms with Crippen molar-refractivity contribution in [1.29, 1.82) is 0 Å². The lowest BCUT2D eigenvalue weighted by atomic mass is 9.97. The molecule has 0 aliphatic rings. The molecular weight excluding hydrogens is 416 g/mol. The number of ether oxygens (including phenoxy) is 1. The summed E-state index contributed by atoms with van der Waals surface area (Å²) in [7, 11) is 0. The fraction of sp³-hybridized carbons (Fsp3) is 0.393. The molecule has 176 valence electrons. The Morgan fingerprint density at radius 2 is 1.55 bits per heavy atom. The van der Waals surface area contributed by atoms with Crippen LogP contribution in [0.4, 0.5) is 0 Å². The maximum atomic E-state index is 11.2. The molecule has 0 heterocycles. The van der Waals surface area contributed by atoms with Crippen LogP contribution in [0.2, 0.25) is 0 Å². The van der Waals surface area contributed by atoms with Gasteiger partial charge in [-0.05, 0) is 66.1 Å². The van der Waals surface area contributed by atoms with Crippen LogP contribution in [0, 0.1) is 0 Å². The first kappa shape index (κ1) is 24.4. The quantitative estimate of drug-likeness (QED) is 0.222. The van der Waals surface area contributed by atoms with Gasteiger partial charge in [0.05, 0.1) is 12.5 Å². The summed E-state index contributed by atoms with van der Waals surface area (Å²) in [5.74, 6) is -0.338. The zero-order valence-electron chi connectivity index (χ0n) is 19.7. The summed E-state index contributed by atoms with van der Waals surface area (Å²) in [6.45, 7) is 6.31. The van der Waals surface area contributed by atoms with Crippen LogP contribution in [0.1, 0.15) is 75.0 Å². The third-order valence-electron chi connectivity index (χ3n) is 6.20. The second-order valence-electron chi connectivity index (χ2n) is 9.01. The molecule has 0 aromatic heterocycles. The van der Waals surface area contributed by atoms with E-state index in [1.54, 1.807) is 6.92 Å². The topological polar surface area (TPSA) is 87.0 Å². The number of carboxylic acids is 1. The van der Waals surface area contributed by atoms with E-state index in [0.29, 0.717) is 6.61 Å². The van der Waals surface area contributed by atoms with Gasteiger partial charge in [-0.2, -0.15) is 0 Å². The summed E-state index contributed by atoms with van der Waals surface area (Å²) in [6, 6.07) is 15.4. The molecule has 0 saturated carbocycles. The van der Waals surface area contributed by atoms with Gasteiger partial charge in [-0.1, -0.05) is 63.1 Å². The van der Waals surface area contributed by atoms with E-state index in [4.69, 9.17) is 4.74 Å². The molecular formula is C28H34O5. The van der Waals surface area contributed by atoms with Crippen molar-refractivity contribution < 1.29 is 24.9 Å². The van der Waals surface area contributed by atoms with Crippen molar-refractivity contribution in [2.45, 2.75) is 64.7 Å². The lowest BCUT2D eigenvalue weighted by molar-refractivity contribution is -0.138. The molecule has 0 spiro atoms.